The van der Waals surface area contributed by atoms with Gasteiger partial charge in [0.15, 0.2) is 5.13 Å². The number of thiazole rings is 1. The van der Waals surface area contributed by atoms with Crippen LogP contribution in [0.25, 0.3) is 0 Å². The Labute approximate surface area is 103 Å². The molecule has 0 amide bonds. The fourth-order valence-corrected chi connectivity index (χ4v) is 2.20. The minimum atomic E-state index is 0.531. The molecule has 0 bridgehead atoms. The van der Waals surface area contributed by atoms with Gasteiger partial charge in [0.25, 0.3) is 0 Å². The van der Waals surface area contributed by atoms with Gasteiger partial charge in [0, 0.05) is 37.3 Å². The molecule has 0 saturated carbocycles. The van der Waals surface area contributed by atoms with Gasteiger partial charge in [0.1, 0.15) is 0 Å². The molecule has 0 radical (unpaired) electrons. The van der Waals surface area contributed by atoms with Crippen LogP contribution in [0.1, 0.15) is 38.5 Å². The first-order valence-corrected chi connectivity index (χ1v) is 6.84. The lowest BCUT2D eigenvalue weighted by Gasteiger charge is -2.14. The number of anilines is 1. The minimum Gasteiger partial charge on any atom is -0.351 e. The van der Waals surface area contributed by atoms with Crippen LogP contribution in [0.15, 0.2) is 6.20 Å². The van der Waals surface area contributed by atoms with Crippen LogP contribution in [0.2, 0.25) is 0 Å². The third-order valence-electron chi connectivity index (χ3n) is 2.40. The molecule has 0 fully saturated rings. The summed E-state index contributed by atoms with van der Waals surface area (Å²) in [6.07, 6.45) is 4.45. The van der Waals surface area contributed by atoms with Crippen molar-refractivity contribution in [1.29, 1.82) is 0 Å². The molecule has 92 valence electrons. The molecule has 0 spiro atoms. The monoisotopic (exact) mass is 241 g/mol. The molecule has 1 rings (SSSR count). The summed E-state index contributed by atoms with van der Waals surface area (Å²) in [6, 6.07) is 0.531. The Morgan fingerprint density at radius 2 is 2.25 bits per heavy atom. The number of hydrogen-bond donors (Lipinski definition) is 1. The molecule has 0 saturated heterocycles. The maximum Gasteiger partial charge on any atom is 0.185 e. The Hall–Kier alpha value is -0.610. The van der Waals surface area contributed by atoms with Gasteiger partial charge < -0.3 is 10.2 Å². The lowest BCUT2D eigenvalue weighted by Crippen LogP contribution is -2.21. The van der Waals surface area contributed by atoms with Crippen molar-refractivity contribution in [2.45, 2.75) is 46.2 Å². The van der Waals surface area contributed by atoms with Gasteiger partial charge in [-0.05, 0) is 6.42 Å². The summed E-state index contributed by atoms with van der Waals surface area (Å²) in [5.41, 5.74) is 0. The average molecular weight is 241 g/mol. The van der Waals surface area contributed by atoms with Crippen molar-refractivity contribution < 1.29 is 0 Å². The van der Waals surface area contributed by atoms with Gasteiger partial charge in [-0.2, -0.15) is 0 Å². The van der Waals surface area contributed by atoms with Crippen molar-refractivity contribution in [3.8, 4) is 0 Å². The second-order valence-electron chi connectivity index (χ2n) is 4.42. The Balaban J connectivity index is 2.43. The van der Waals surface area contributed by atoms with Crippen LogP contribution in [0, 0.1) is 0 Å². The van der Waals surface area contributed by atoms with Crippen molar-refractivity contribution in [3.05, 3.63) is 11.1 Å². The molecular weight excluding hydrogens is 218 g/mol. The number of rotatable bonds is 7. The van der Waals surface area contributed by atoms with Crippen molar-refractivity contribution in [2.24, 2.45) is 0 Å². The van der Waals surface area contributed by atoms with Gasteiger partial charge >= 0.3 is 0 Å². The van der Waals surface area contributed by atoms with Gasteiger partial charge in [-0.1, -0.05) is 27.2 Å². The van der Waals surface area contributed by atoms with Crippen LogP contribution < -0.4 is 10.2 Å². The van der Waals surface area contributed by atoms with Gasteiger partial charge in [0.2, 0.25) is 0 Å². The molecule has 3 nitrogen and oxygen atoms in total. The molecule has 0 aliphatic carbocycles. The zero-order valence-corrected chi connectivity index (χ0v) is 11.6. The van der Waals surface area contributed by atoms with Crippen LogP contribution in [-0.2, 0) is 6.54 Å². The molecule has 1 aromatic heterocycles. The van der Waals surface area contributed by atoms with Gasteiger partial charge in [-0.15, -0.1) is 11.3 Å². The number of nitrogens with one attached hydrogen (secondary N) is 1. The number of nitrogens with zero attached hydrogens (tertiary/aromatic N) is 2. The largest absolute Gasteiger partial charge is 0.351 e. The molecule has 0 aromatic carbocycles. The molecule has 0 atom stereocenters. The third kappa shape index (κ3) is 4.49. The molecule has 1 heterocycles. The highest BCUT2D eigenvalue weighted by atomic mass is 32.1. The van der Waals surface area contributed by atoms with E-state index in [4.69, 9.17) is 0 Å². The topological polar surface area (TPSA) is 28.2 Å². The quantitative estimate of drug-likeness (QED) is 0.795. The summed E-state index contributed by atoms with van der Waals surface area (Å²) in [4.78, 5) is 8.01. The number of unbranched alkanes of at least 4 members (excludes halogenated alkanes) is 1. The molecule has 1 aromatic rings. The SMILES string of the molecule is CCCCN(C)c1ncc(CNC(C)C)s1. The van der Waals surface area contributed by atoms with Crippen LogP contribution in [-0.4, -0.2) is 24.6 Å². The second-order valence-corrected chi connectivity index (χ2v) is 5.51. The average Bonchev–Trinajstić information content (AvgIpc) is 2.71. The van der Waals surface area contributed by atoms with Gasteiger partial charge in [0.05, 0.1) is 0 Å². The van der Waals surface area contributed by atoms with E-state index in [1.165, 1.54) is 17.7 Å². The summed E-state index contributed by atoms with van der Waals surface area (Å²) in [7, 11) is 2.12. The summed E-state index contributed by atoms with van der Waals surface area (Å²) in [5.74, 6) is 0. The van der Waals surface area contributed by atoms with E-state index >= 15 is 0 Å². The highest BCUT2D eigenvalue weighted by molar-refractivity contribution is 7.15. The normalized spacial score (nSPS) is 11.1. The van der Waals surface area contributed by atoms with E-state index in [9.17, 15) is 0 Å². The number of aromatic nitrogens is 1. The highest BCUT2D eigenvalue weighted by Crippen LogP contribution is 2.21. The Morgan fingerprint density at radius 1 is 1.50 bits per heavy atom. The van der Waals surface area contributed by atoms with E-state index in [-0.39, 0.29) is 0 Å². The van der Waals surface area contributed by atoms with E-state index in [0.29, 0.717) is 6.04 Å². The summed E-state index contributed by atoms with van der Waals surface area (Å²) < 4.78 is 0. The first kappa shape index (κ1) is 13.5. The maximum absolute atomic E-state index is 4.45. The van der Waals surface area contributed by atoms with Crippen molar-refractivity contribution in [3.63, 3.8) is 0 Å². The van der Waals surface area contributed by atoms with Crippen molar-refractivity contribution >= 4 is 16.5 Å². The predicted octanol–water partition coefficient (Wildman–Crippen LogP) is 2.88. The summed E-state index contributed by atoms with van der Waals surface area (Å²) in [6.45, 7) is 8.57. The maximum atomic E-state index is 4.45. The Bertz CT molecular complexity index is 296. The van der Waals surface area contributed by atoms with Gasteiger partial charge in [-0.25, -0.2) is 4.98 Å². The molecule has 0 aliphatic heterocycles. The van der Waals surface area contributed by atoms with Crippen LogP contribution in [0.4, 0.5) is 5.13 Å². The molecular formula is C12H23N3S. The predicted molar refractivity (Wildman–Crippen MR) is 72.3 cm³/mol. The third-order valence-corrected chi connectivity index (χ3v) is 3.51. The smallest absolute Gasteiger partial charge is 0.185 e. The second kappa shape index (κ2) is 6.86. The molecule has 0 aliphatic rings. The number of hydrogen-bond acceptors (Lipinski definition) is 4. The Morgan fingerprint density at radius 3 is 2.88 bits per heavy atom. The lowest BCUT2D eigenvalue weighted by atomic mass is 10.3. The van der Waals surface area contributed by atoms with E-state index in [0.717, 1.165) is 18.2 Å². The van der Waals surface area contributed by atoms with Crippen molar-refractivity contribution in [1.82, 2.24) is 10.3 Å². The highest BCUT2D eigenvalue weighted by Gasteiger charge is 2.06. The fraction of sp³-hybridized carbons (Fsp3) is 0.750. The summed E-state index contributed by atoms with van der Waals surface area (Å²) in [5, 5.41) is 4.54. The van der Waals surface area contributed by atoms with E-state index < -0.39 is 0 Å². The zero-order valence-electron chi connectivity index (χ0n) is 10.8. The van der Waals surface area contributed by atoms with Crippen LogP contribution in [0.3, 0.4) is 0 Å². The van der Waals surface area contributed by atoms with Crippen LogP contribution in [0.5, 0.6) is 0 Å². The first-order valence-electron chi connectivity index (χ1n) is 6.02. The van der Waals surface area contributed by atoms with Crippen molar-refractivity contribution in [2.75, 3.05) is 18.5 Å². The van der Waals surface area contributed by atoms with E-state index in [1.807, 2.05) is 6.20 Å². The van der Waals surface area contributed by atoms with E-state index in [1.54, 1.807) is 11.3 Å². The molecule has 0 unspecified atom stereocenters. The zero-order chi connectivity index (χ0) is 12.0. The first-order chi connectivity index (χ1) is 7.63. The standard InChI is InChI=1S/C12H23N3S/c1-5-6-7-15(4)12-14-9-11(16-12)8-13-10(2)3/h9-10,13H,5-8H2,1-4H3. The summed E-state index contributed by atoms with van der Waals surface area (Å²) >= 11 is 1.79. The Kier molecular flexibility index (Phi) is 5.77. The minimum absolute atomic E-state index is 0.531. The van der Waals surface area contributed by atoms with Gasteiger partial charge in [-0.3, -0.25) is 0 Å². The molecule has 1 N–H and O–H groups in total. The fourth-order valence-electron chi connectivity index (χ4n) is 1.35. The molecule has 4 heteroatoms. The van der Waals surface area contributed by atoms with E-state index in [2.05, 4.69) is 43.0 Å². The lowest BCUT2D eigenvalue weighted by molar-refractivity contribution is 0.593. The van der Waals surface area contributed by atoms with Crippen LogP contribution >= 0.6 is 11.3 Å². The molecule has 16 heavy (non-hydrogen) atoms.